The van der Waals surface area contributed by atoms with Crippen LogP contribution in [0.3, 0.4) is 0 Å². The van der Waals surface area contributed by atoms with E-state index in [4.69, 9.17) is 0 Å². The topological polar surface area (TPSA) is 29.9 Å². The first-order chi connectivity index (χ1) is 9.02. The molecule has 1 aromatic heterocycles. The van der Waals surface area contributed by atoms with Crippen molar-refractivity contribution in [1.29, 1.82) is 0 Å². The Hall–Kier alpha value is -0.330. The number of hydrogen-bond acceptors (Lipinski definition) is 2. The van der Waals surface area contributed by atoms with Gasteiger partial charge in [-0.1, -0.05) is 22.9 Å². The Kier molecular flexibility index (Phi) is 5.09. The fraction of sp³-hybridized carbons (Fsp3) is 0.308. The van der Waals surface area contributed by atoms with Crippen molar-refractivity contribution in [3.05, 3.63) is 43.0 Å². The molecule has 0 aliphatic carbocycles. The zero-order valence-corrected chi connectivity index (χ0v) is 15.4. The van der Waals surface area contributed by atoms with E-state index in [-0.39, 0.29) is 0 Å². The van der Waals surface area contributed by atoms with Gasteiger partial charge in [0.15, 0.2) is 0 Å². The van der Waals surface area contributed by atoms with Crippen molar-refractivity contribution < 1.29 is 0 Å². The van der Waals surface area contributed by atoms with Crippen molar-refractivity contribution in [3.63, 3.8) is 0 Å². The Morgan fingerprint density at radius 2 is 2.00 bits per heavy atom. The monoisotopic (exact) mass is 449 g/mol. The van der Waals surface area contributed by atoms with Crippen LogP contribution in [-0.4, -0.2) is 9.78 Å². The number of anilines is 1. The smallest absolute Gasteiger partial charge is 0.0767 e. The van der Waals surface area contributed by atoms with Gasteiger partial charge in [0.25, 0.3) is 0 Å². The van der Waals surface area contributed by atoms with Crippen LogP contribution in [0.4, 0.5) is 5.69 Å². The van der Waals surface area contributed by atoms with Crippen LogP contribution in [0.5, 0.6) is 0 Å². The van der Waals surface area contributed by atoms with E-state index in [0.29, 0.717) is 0 Å². The molecule has 1 heterocycles. The average molecular weight is 452 g/mol. The lowest BCUT2D eigenvalue weighted by atomic mass is 10.3. The Morgan fingerprint density at radius 3 is 2.63 bits per heavy atom. The number of aryl methyl sites for hydroxylation is 2. The van der Waals surface area contributed by atoms with Gasteiger partial charge in [0.1, 0.15) is 0 Å². The van der Waals surface area contributed by atoms with Gasteiger partial charge in [-0.25, -0.2) is 0 Å². The largest absolute Gasteiger partial charge is 0.378 e. The highest BCUT2D eigenvalue weighted by atomic mass is 79.9. The summed E-state index contributed by atoms with van der Waals surface area (Å²) < 4.78 is 5.11. The molecule has 0 fully saturated rings. The summed E-state index contributed by atoms with van der Waals surface area (Å²) in [6.07, 6.45) is 0.926. The van der Waals surface area contributed by atoms with E-state index in [1.165, 1.54) is 0 Å². The van der Waals surface area contributed by atoms with Gasteiger partial charge in [-0.15, -0.1) is 0 Å². The molecule has 0 atom stereocenters. The van der Waals surface area contributed by atoms with Crippen LogP contribution in [0.1, 0.15) is 18.3 Å². The third kappa shape index (κ3) is 3.41. The molecule has 0 saturated heterocycles. The highest BCUT2D eigenvalue weighted by molar-refractivity contribution is 9.11. The van der Waals surface area contributed by atoms with Crippen LogP contribution in [0.15, 0.2) is 31.6 Å². The summed E-state index contributed by atoms with van der Waals surface area (Å²) in [4.78, 5) is 0. The maximum absolute atomic E-state index is 4.49. The Bertz CT molecular complexity index is 593. The molecule has 0 aliphatic rings. The van der Waals surface area contributed by atoms with Crippen molar-refractivity contribution in [2.75, 3.05) is 5.32 Å². The third-order valence-corrected chi connectivity index (χ3v) is 4.98. The van der Waals surface area contributed by atoms with E-state index in [2.05, 4.69) is 71.2 Å². The van der Waals surface area contributed by atoms with Crippen molar-refractivity contribution in [2.24, 2.45) is 7.05 Å². The standard InChI is InChI=1S/C13H14Br3N3/c1-3-10-13(16)12(19(2)18-10)7-17-11-6-8(14)4-5-9(11)15/h4-6,17H,3,7H2,1-2H3. The second-order valence-corrected chi connectivity index (χ2v) is 6.73. The minimum atomic E-state index is 0.721. The summed E-state index contributed by atoms with van der Waals surface area (Å²) in [6, 6.07) is 6.07. The van der Waals surface area contributed by atoms with E-state index in [1.54, 1.807) is 0 Å². The predicted molar refractivity (Wildman–Crippen MR) is 89.5 cm³/mol. The molecule has 1 aromatic carbocycles. The van der Waals surface area contributed by atoms with E-state index in [0.717, 1.165) is 43.5 Å². The summed E-state index contributed by atoms with van der Waals surface area (Å²) >= 11 is 10.6. The molecule has 0 aliphatic heterocycles. The van der Waals surface area contributed by atoms with E-state index in [1.807, 2.05) is 23.9 Å². The van der Waals surface area contributed by atoms with Crippen molar-refractivity contribution in [2.45, 2.75) is 19.9 Å². The normalized spacial score (nSPS) is 10.8. The van der Waals surface area contributed by atoms with Crippen molar-refractivity contribution >= 4 is 53.5 Å². The Balaban J connectivity index is 2.19. The number of hydrogen-bond donors (Lipinski definition) is 1. The molecule has 0 unspecified atom stereocenters. The molecular weight excluding hydrogens is 438 g/mol. The maximum Gasteiger partial charge on any atom is 0.0767 e. The number of nitrogens with zero attached hydrogens (tertiary/aromatic N) is 2. The van der Waals surface area contributed by atoms with Gasteiger partial charge in [-0.3, -0.25) is 4.68 Å². The summed E-state index contributed by atoms with van der Waals surface area (Å²) in [5.74, 6) is 0. The van der Waals surface area contributed by atoms with Crippen LogP contribution in [0.2, 0.25) is 0 Å². The van der Waals surface area contributed by atoms with Gasteiger partial charge in [-0.2, -0.15) is 5.10 Å². The molecule has 3 nitrogen and oxygen atoms in total. The quantitative estimate of drug-likeness (QED) is 0.717. The van der Waals surface area contributed by atoms with E-state index >= 15 is 0 Å². The molecule has 1 N–H and O–H groups in total. The molecule has 0 bridgehead atoms. The van der Waals surface area contributed by atoms with Gasteiger partial charge in [0.05, 0.1) is 22.4 Å². The molecule has 0 spiro atoms. The lowest BCUT2D eigenvalue weighted by Gasteiger charge is -2.10. The first-order valence-electron chi connectivity index (χ1n) is 5.92. The highest BCUT2D eigenvalue weighted by Crippen LogP contribution is 2.28. The number of rotatable bonds is 4. The number of aromatic nitrogens is 2. The zero-order valence-electron chi connectivity index (χ0n) is 10.7. The van der Waals surface area contributed by atoms with Crippen LogP contribution in [-0.2, 0) is 20.0 Å². The molecule has 6 heteroatoms. The molecule has 0 saturated carbocycles. The summed E-state index contributed by atoms with van der Waals surface area (Å²) in [5.41, 5.74) is 3.29. The van der Waals surface area contributed by atoms with Gasteiger partial charge in [0.2, 0.25) is 0 Å². The first-order valence-corrected chi connectivity index (χ1v) is 8.30. The van der Waals surface area contributed by atoms with Gasteiger partial charge in [-0.05, 0) is 56.5 Å². The number of benzene rings is 1. The minimum absolute atomic E-state index is 0.721. The van der Waals surface area contributed by atoms with Gasteiger partial charge in [0, 0.05) is 21.7 Å². The molecule has 0 radical (unpaired) electrons. The average Bonchev–Trinajstić information content (AvgIpc) is 2.66. The molecule has 2 rings (SSSR count). The second-order valence-electron chi connectivity index (χ2n) is 4.16. The molecular formula is C13H14Br3N3. The van der Waals surface area contributed by atoms with Crippen LogP contribution in [0.25, 0.3) is 0 Å². The molecule has 102 valence electrons. The lowest BCUT2D eigenvalue weighted by Crippen LogP contribution is -2.06. The molecule has 19 heavy (non-hydrogen) atoms. The maximum atomic E-state index is 4.49. The fourth-order valence-electron chi connectivity index (χ4n) is 1.82. The summed E-state index contributed by atoms with van der Waals surface area (Å²) in [5, 5.41) is 7.91. The van der Waals surface area contributed by atoms with Gasteiger partial charge < -0.3 is 5.32 Å². The third-order valence-electron chi connectivity index (χ3n) is 2.88. The van der Waals surface area contributed by atoms with E-state index in [9.17, 15) is 0 Å². The lowest BCUT2D eigenvalue weighted by molar-refractivity contribution is 0.706. The Labute approximate surface area is 138 Å². The fourth-order valence-corrected chi connectivity index (χ4v) is 3.33. The minimum Gasteiger partial charge on any atom is -0.378 e. The van der Waals surface area contributed by atoms with Crippen LogP contribution in [0, 0.1) is 0 Å². The molecule has 2 aromatic rings. The number of halogens is 3. The predicted octanol–water partition coefficient (Wildman–Crippen LogP) is 4.88. The SMILES string of the molecule is CCc1nn(C)c(CNc2cc(Br)ccc2Br)c1Br. The zero-order chi connectivity index (χ0) is 14.0. The molecule has 0 amide bonds. The second kappa shape index (κ2) is 6.41. The van der Waals surface area contributed by atoms with E-state index < -0.39 is 0 Å². The highest BCUT2D eigenvalue weighted by Gasteiger charge is 2.12. The Morgan fingerprint density at radius 1 is 1.26 bits per heavy atom. The summed E-state index contributed by atoms with van der Waals surface area (Å²) in [6.45, 7) is 2.83. The first kappa shape index (κ1) is 15.1. The number of nitrogens with one attached hydrogen (secondary N) is 1. The van der Waals surface area contributed by atoms with Gasteiger partial charge >= 0.3 is 0 Å². The van der Waals surface area contributed by atoms with Crippen molar-refractivity contribution in [3.8, 4) is 0 Å². The van der Waals surface area contributed by atoms with Crippen LogP contribution >= 0.6 is 47.8 Å². The van der Waals surface area contributed by atoms with Crippen molar-refractivity contribution in [1.82, 2.24) is 9.78 Å². The van der Waals surface area contributed by atoms with Crippen LogP contribution < -0.4 is 5.32 Å². The summed E-state index contributed by atoms with van der Waals surface area (Å²) in [7, 11) is 1.97.